The summed E-state index contributed by atoms with van der Waals surface area (Å²) in [5.41, 5.74) is 3.78. The van der Waals surface area contributed by atoms with Crippen LogP contribution in [0.25, 0.3) is 11.1 Å². The van der Waals surface area contributed by atoms with E-state index in [1.54, 1.807) is 18.5 Å². The van der Waals surface area contributed by atoms with Crippen molar-refractivity contribution in [1.82, 2.24) is 4.98 Å². The van der Waals surface area contributed by atoms with Crippen LogP contribution in [-0.4, -0.2) is 21.2 Å². The molecular formula is C19H13NO4. The van der Waals surface area contributed by atoms with Gasteiger partial charge in [0.05, 0.1) is 6.20 Å². The highest BCUT2D eigenvalue weighted by Gasteiger charge is 2.21. The molecule has 2 aromatic carbocycles. The summed E-state index contributed by atoms with van der Waals surface area (Å²) in [6.45, 7) is 0. The summed E-state index contributed by atoms with van der Waals surface area (Å²) in [6, 6.07) is 12.2. The number of benzene rings is 2. The molecule has 0 fully saturated rings. The fourth-order valence-electron chi connectivity index (χ4n) is 2.65. The van der Waals surface area contributed by atoms with Gasteiger partial charge < -0.3 is 14.9 Å². The average molecular weight is 319 g/mol. The summed E-state index contributed by atoms with van der Waals surface area (Å²) in [4.78, 5) is 15.1. The molecule has 0 radical (unpaired) electrons. The van der Waals surface area contributed by atoms with Crippen LogP contribution in [0.1, 0.15) is 21.5 Å². The van der Waals surface area contributed by atoms with Crippen molar-refractivity contribution in [3.63, 3.8) is 0 Å². The molecule has 24 heavy (non-hydrogen) atoms. The largest absolute Gasteiger partial charge is 0.507 e. The number of aromatic carboxylic acids is 1. The lowest BCUT2D eigenvalue weighted by atomic mass is 10.0. The number of rotatable bonds is 4. The topological polar surface area (TPSA) is 79.7 Å². The fourth-order valence-corrected chi connectivity index (χ4v) is 2.65. The van der Waals surface area contributed by atoms with Crippen LogP contribution in [0.4, 0.5) is 0 Å². The van der Waals surface area contributed by atoms with Crippen molar-refractivity contribution < 1.29 is 19.7 Å². The zero-order valence-corrected chi connectivity index (χ0v) is 12.6. The Hall–Kier alpha value is -3.34. The molecule has 0 bridgehead atoms. The van der Waals surface area contributed by atoms with E-state index in [1.165, 1.54) is 23.3 Å². The molecule has 1 aliphatic carbocycles. The zero-order valence-electron chi connectivity index (χ0n) is 12.6. The second kappa shape index (κ2) is 5.38. The van der Waals surface area contributed by atoms with Gasteiger partial charge in [0.25, 0.3) is 0 Å². The van der Waals surface area contributed by atoms with E-state index in [0.29, 0.717) is 11.3 Å². The predicted molar refractivity (Wildman–Crippen MR) is 87.6 cm³/mol. The van der Waals surface area contributed by atoms with Crippen LogP contribution in [0.15, 0.2) is 54.9 Å². The van der Waals surface area contributed by atoms with Gasteiger partial charge in [-0.15, -0.1) is 0 Å². The maximum absolute atomic E-state index is 11.0. The number of nitrogens with zero attached hydrogens (tertiary/aromatic N) is 1. The molecule has 0 atom stereocenters. The molecule has 0 saturated carbocycles. The maximum Gasteiger partial charge on any atom is 0.339 e. The van der Waals surface area contributed by atoms with Gasteiger partial charge in [0.1, 0.15) is 22.8 Å². The molecule has 5 heteroatoms. The molecule has 0 spiro atoms. The Morgan fingerprint density at radius 1 is 1.08 bits per heavy atom. The van der Waals surface area contributed by atoms with Gasteiger partial charge in [-0.05, 0) is 35.4 Å². The van der Waals surface area contributed by atoms with Crippen LogP contribution in [0.2, 0.25) is 0 Å². The van der Waals surface area contributed by atoms with Gasteiger partial charge in [0, 0.05) is 23.7 Å². The van der Waals surface area contributed by atoms with Crippen LogP contribution < -0.4 is 4.74 Å². The minimum atomic E-state index is -1.17. The normalized spacial score (nSPS) is 11.7. The Labute approximate surface area is 137 Å². The van der Waals surface area contributed by atoms with Crippen molar-refractivity contribution in [1.29, 1.82) is 0 Å². The Kier molecular flexibility index (Phi) is 3.20. The third-order valence-electron chi connectivity index (χ3n) is 3.97. The molecule has 0 saturated heterocycles. The molecule has 0 aliphatic heterocycles. The number of carboxylic acid groups (broad SMARTS) is 1. The van der Waals surface area contributed by atoms with Crippen LogP contribution in [0.3, 0.4) is 0 Å². The van der Waals surface area contributed by atoms with Gasteiger partial charge in [-0.2, -0.15) is 0 Å². The van der Waals surface area contributed by atoms with E-state index in [4.69, 9.17) is 9.84 Å². The van der Waals surface area contributed by atoms with Gasteiger partial charge in [0.2, 0.25) is 0 Å². The van der Waals surface area contributed by atoms with Gasteiger partial charge in [0.15, 0.2) is 0 Å². The lowest BCUT2D eigenvalue weighted by Crippen LogP contribution is -1.96. The highest BCUT2D eigenvalue weighted by Crippen LogP contribution is 2.39. The monoisotopic (exact) mass is 319 g/mol. The van der Waals surface area contributed by atoms with Gasteiger partial charge in [-0.1, -0.05) is 18.2 Å². The van der Waals surface area contributed by atoms with Crippen LogP contribution in [-0.2, 0) is 6.42 Å². The van der Waals surface area contributed by atoms with Gasteiger partial charge >= 0.3 is 5.97 Å². The number of hydrogen-bond acceptors (Lipinski definition) is 4. The molecule has 118 valence electrons. The summed E-state index contributed by atoms with van der Waals surface area (Å²) in [6.07, 6.45) is 4.22. The number of ether oxygens (including phenoxy) is 1. The number of fused-ring (bicyclic) bond motifs is 1. The number of phenols is 1. The van der Waals surface area contributed by atoms with Gasteiger partial charge in [-0.3, -0.25) is 4.98 Å². The molecule has 1 aliphatic rings. The van der Waals surface area contributed by atoms with Crippen molar-refractivity contribution in [2.24, 2.45) is 0 Å². The van der Waals surface area contributed by atoms with Gasteiger partial charge in [-0.25, -0.2) is 4.79 Å². The number of pyridine rings is 1. The first-order valence-corrected chi connectivity index (χ1v) is 7.42. The minimum Gasteiger partial charge on any atom is -0.507 e. The molecule has 4 rings (SSSR count). The Morgan fingerprint density at radius 2 is 1.96 bits per heavy atom. The molecule has 0 unspecified atom stereocenters. The second-order valence-electron chi connectivity index (χ2n) is 5.62. The number of carboxylic acids is 1. The number of aromatic hydroxyl groups is 1. The third kappa shape index (κ3) is 2.56. The molecule has 1 aromatic heterocycles. The Morgan fingerprint density at radius 3 is 2.75 bits per heavy atom. The summed E-state index contributed by atoms with van der Waals surface area (Å²) >= 11 is 0. The standard InChI is InChI=1S/C19H13NO4/c21-17-8-11(4-5-15(17)19(22)23)13-6-14(10-20-9-13)24-18-3-1-2-12-7-16(12)18/h1-6,8-10,21H,7H2,(H,22,23). The first-order chi connectivity index (χ1) is 11.6. The average Bonchev–Trinajstić information content (AvgIpc) is 3.35. The minimum absolute atomic E-state index is 0.133. The zero-order chi connectivity index (χ0) is 16.7. The van der Waals surface area contributed by atoms with E-state index in [0.717, 1.165) is 17.7 Å². The first kappa shape index (κ1) is 14.3. The van der Waals surface area contributed by atoms with Crippen LogP contribution >= 0.6 is 0 Å². The Balaban J connectivity index is 1.64. The lowest BCUT2D eigenvalue weighted by molar-refractivity contribution is 0.0694. The van der Waals surface area contributed by atoms with Crippen LogP contribution in [0, 0.1) is 0 Å². The SMILES string of the molecule is O=C(O)c1ccc(-c2cncc(Oc3cccc4c3C4)c2)cc1O. The molecule has 2 N–H and O–H groups in total. The highest BCUT2D eigenvalue weighted by molar-refractivity contribution is 5.91. The fraction of sp³-hybridized carbons (Fsp3) is 0.0526. The summed E-state index contributed by atoms with van der Waals surface area (Å²) < 4.78 is 5.90. The molecule has 5 nitrogen and oxygen atoms in total. The number of carbonyl (C=O) groups is 1. The molecule has 1 heterocycles. The van der Waals surface area contributed by atoms with Crippen LogP contribution in [0.5, 0.6) is 17.2 Å². The van der Waals surface area contributed by atoms with E-state index < -0.39 is 5.97 Å². The first-order valence-electron chi connectivity index (χ1n) is 7.42. The van der Waals surface area contributed by atoms with E-state index in [2.05, 4.69) is 11.1 Å². The predicted octanol–water partition coefficient (Wildman–Crippen LogP) is 3.85. The third-order valence-corrected chi connectivity index (χ3v) is 3.97. The highest BCUT2D eigenvalue weighted by atomic mass is 16.5. The van der Waals surface area contributed by atoms with Crippen molar-refractivity contribution in [2.45, 2.75) is 6.42 Å². The van der Waals surface area contributed by atoms with E-state index >= 15 is 0 Å². The van der Waals surface area contributed by atoms with Crippen molar-refractivity contribution in [2.75, 3.05) is 0 Å². The van der Waals surface area contributed by atoms with Crippen molar-refractivity contribution in [3.8, 4) is 28.4 Å². The Bertz CT molecular complexity index is 965. The number of hydrogen-bond donors (Lipinski definition) is 2. The molecule has 3 aromatic rings. The van der Waals surface area contributed by atoms with Crippen molar-refractivity contribution >= 4 is 5.97 Å². The summed E-state index contributed by atoms with van der Waals surface area (Å²) in [5, 5.41) is 18.8. The smallest absolute Gasteiger partial charge is 0.339 e. The quantitative estimate of drug-likeness (QED) is 0.597. The number of aromatic nitrogens is 1. The van der Waals surface area contributed by atoms with E-state index in [-0.39, 0.29) is 11.3 Å². The summed E-state index contributed by atoms with van der Waals surface area (Å²) in [5.74, 6) is -0.0237. The molecular weight excluding hydrogens is 306 g/mol. The van der Waals surface area contributed by atoms with E-state index in [1.807, 2.05) is 18.2 Å². The maximum atomic E-state index is 11.0. The van der Waals surface area contributed by atoms with E-state index in [9.17, 15) is 9.90 Å². The van der Waals surface area contributed by atoms with Crippen molar-refractivity contribution in [3.05, 3.63) is 71.5 Å². The molecule has 0 amide bonds. The summed E-state index contributed by atoms with van der Waals surface area (Å²) in [7, 11) is 0. The lowest BCUT2D eigenvalue weighted by Gasteiger charge is -2.08. The second-order valence-corrected chi connectivity index (χ2v) is 5.62.